The van der Waals surface area contributed by atoms with E-state index in [0.717, 1.165) is 0 Å². The number of carbonyl (C=O) groups is 1. The summed E-state index contributed by atoms with van der Waals surface area (Å²) >= 11 is 0. The zero-order valence-electron chi connectivity index (χ0n) is 14.5. The van der Waals surface area contributed by atoms with Crippen molar-refractivity contribution in [2.75, 3.05) is 13.7 Å². The minimum atomic E-state index is -2.94. The maximum atomic E-state index is 12.9. The van der Waals surface area contributed by atoms with Gasteiger partial charge in [-0.25, -0.2) is 4.39 Å². The van der Waals surface area contributed by atoms with Crippen LogP contribution in [0.3, 0.4) is 0 Å². The highest BCUT2D eigenvalue weighted by molar-refractivity contribution is 5.78. The molecule has 0 saturated heterocycles. The van der Waals surface area contributed by atoms with Crippen LogP contribution in [0, 0.1) is 5.82 Å². The third-order valence-electron chi connectivity index (χ3n) is 3.64. The standard InChI is InChI=1S/C19H20F3NO3/c1-3-25-17-10-14(6-9-16(17)26-19(21)22)12-23(2)18(24)11-13-4-7-15(20)8-5-13/h4-10,19H,3,11-12H2,1-2H3. The third kappa shape index (κ3) is 5.68. The molecular weight excluding hydrogens is 347 g/mol. The lowest BCUT2D eigenvalue weighted by atomic mass is 10.1. The second-order valence-electron chi connectivity index (χ2n) is 5.65. The number of nitrogens with zero attached hydrogens (tertiary/aromatic N) is 1. The molecule has 0 spiro atoms. The highest BCUT2D eigenvalue weighted by Gasteiger charge is 2.14. The van der Waals surface area contributed by atoms with Crippen LogP contribution >= 0.6 is 0 Å². The van der Waals surface area contributed by atoms with Gasteiger partial charge in [0.15, 0.2) is 11.5 Å². The summed E-state index contributed by atoms with van der Waals surface area (Å²) < 4.78 is 47.5. The summed E-state index contributed by atoms with van der Waals surface area (Å²) in [5.41, 5.74) is 1.42. The molecule has 0 aliphatic heterocycles. The first-order chi connectivity index (χ1) is 12.4. The van der Waals surface area contributed by atoms with E-state index in [1.54, 1.807) is 38.2 Å². The second kappa shape index (κ2) is 9.12. The molecule has 0 unspecified atom stereocenters. The van der Waals surface area contributed by atoms with Gasteiger partial charge in [0.05, 0.1) is 13.0 Å². The summed E-state index contributed by atoms with van der Waals surface area (Å²) in [5.74, 6) is -0.359. The Hall–Kier alpha value is -2.70. The van der Waals surface area contributed by atoms with Crippen LogP contribution in [0.15, 0.2) is 42.5 Å². The summed E-state index contributed by atoms with van der Waals surface area (Å²) in [4.78, 5) is 13.8. The van der Waals surface area contributed by atoms with E-state index in [2.05, 4.69) is 4.74 Å². The number of halogens is 3. The van der Waals surface area contributed by atoms with Gasteiger partial charge in [-0.15, -0.1) is 0 Å². The van der Waals surface area contributed by atoms with Gasteiger partial charge in [0.2, 0.25) is 5.91 Å². The fraction of sp³-hybridized carbons (Fsp3) is 0.316. The molecule has 0 fully saturated rings. The van der Waals surface area contributed by atoms with Crippen molar-refractivity contribution in [1.29, 1.82) is 0 Å². The Balaban J connectivity index is 2.04. The molecule has 0 aromatic heterocycles. The predicted molar refractivity (Wildman–Crippen MR) is 90.8 cm³/mol. The molecule has 0 aliphatic carbocycles. The number of carbonyl (C=O) groups excluding carboxylic acids is 1. The zero-order chi connectivity index (χ0) is 19.1. The van der Waals surface area contributed by atoms with E-state index in [-0.39, 0.29) is 36.2 Å². The topological polar surface area (TPSA) is 38.8 Å². The number of alkyl halides is 2. The SMILES string of the molecule is CCOc1cc(CN(C)C(=O)Cc2ccc(F)cc2)ccc1OC(F)F. The summed E-state index contributed by atoms with van der Waals surface area (Å²) in [6.07, 6.45) is 0.141. The van der Waals surface area contributed by atoms with E-state index >= 15 is 0 Å². The maximum absolute atomic E-state index is 12.9. The van der Waals surface area contributed by atoms with E-state index in [4.69, 9.17) is 4.74 Å². The number of rotatable bonds is 8. The molecule has 26 heavy (non-hydrogen) atoms. The van der Waals surface area contributed by atoms with Gasteiger partial charge < -0.3 is 14.4 Å². The minimum Gasteiger partial charge on any atom is -0.490 e. The van der Waals surface area contributed by atoms with E-state index in [1.807, 2.05) is 0 Å². The number of benzene rings is 2. The van der Waals surface area contributed by atoms with Gasteiger partial charge in [-0.05, 0) is 42.3 Å². The molecule has 2 aromatic rings. The first-order valence-electron chi connectivity index (χ1n) is 8.08. The van der Waals surface area contributed by atoms with Gasteiger partial charge in [-0.1, -0.05) is 18.2 Å². The van der Waals surface area contributed by atoms with Crippen LogP contribution in [0.25, 0.3) is 0 Å². The summed E-state index contributed by atoms with van der Waals surface area (Å²) in [6, 6.07) is 10.3. The molecule has 0 atom stereocenters. The molecule has 2 rings (SSSR count). The van der Waals surface area contributed by atoms with E-state index in [0.29, 0.717) is 17.7 Å². The minimum absolute atomic E-state index is 0.0501. The lowest BCUT2D eigenvalue weighted by Crippen LogP contribution is -2.27. The second-order valence-corrected chi connectivity index (χ2v) is 5.65. The predicted octanol–water partition coefficient (Wildman–Crippen LogP) is 4.03. The molecule has 0 bridgehead atoms. The van der Waals surface area contributed by atoms with E-state index < -0.39 is 6.61 Å². The van der Waals surface area contributed by atoms with Gasteiger partial charge in [0.25, 0.3) is 0 Å². The number of hydrogen-bond donors (Lipinski definition) is 0. The van der Waals surface area contributed by atoms with Crippen molar-refractivity contribution in [3.05, 3.63) is 59.4 Å². The van der Waals surface area contributed by atoms with Crippen molar-refractivity contribution in [3.8, 4) is 11.5 Å². The smallest absolute Gasteiger partial charge is 0.387 e. The van der Waals surface area contributed by atoms with E-state index in [1.165, 1.54) is 23.1 Å². The van der Waals surface area contributed by atoms with Gasteiger partial charge in [-0.2, -0.15) is 8.78 Å². The molecule has 0 heterocycles. The highest BCUT2D eigenvalue weighted by Crippen LogP contribution is 2.30. The normalized spacial score (nSPS) is 10.7. The number of likely N-dealkylation sites (N-methyl/N-ethyl adjacent to an activating group) is 1. The van der Waals surface area contributed by atoms with Crippen LogP contribution in [0.1, 0.15) is 18.1 Å². The Kier molecular flexibility index (Phi) is 6.89. The lowest BCUT2D eigenvalue weighted by molar-refractivity contribution is -0.129. The van der Waals surface area contributed by atoms with Crippen LogP contribution in [-0.4, -0.2) is 31.1 Å². The monoisotopic (exact) mass is 367 g/mol. The molecule has 1 amide bonds. The maximum Gasteiger partial charge on any atom is 0.387 e. The van der Waals surface area contributed by atoms with Crippen LogP contribution in [0.4, 0.5) is 13.2 Å². The van der Waals surface area contributed by atoms with Crippen molar-refractivity contribution in [1.82, 2.24) is 4.90 Å². The summed E-state index contributed by atoms with van der Waals surface area (Å²) in [5, 5.41) is 0. The fourth-order valence-electron chi connectivity index (χ4n) is 2.39. The first kappa shape index (κ1) is 19.6. The van der Waals surface area contributed by atoms with Crippen molar-refractivity contribution in [2.24, 2.45) is 0 Å². The van der Waals surface area contributed by atoms with Gasteiger partial charge in [0, 0.05) is 13.6 Å². The van der Waals surface area contributed by atoms with Gasteiger partial charge >= 0.3 is 6.61 Å². The van der Waals surface area contributed by atoms with Crippen LogP contribution in [0.2, 0.25) is 0 Å². The zero-order valence-corrected chi connectivity index (χ0v) is 14.5. The average molecular weight is 367 g/mol. The average Bonchev–Trinajstić information content (AvgIpc) is 2.59. The van der Waals surface area contributed by atoms with Crippen LogP contribution in [-0.2, 0) is 17.8 Å². The molecule has 0 radical (unpaired) electrons. The van der Waals surface area contributed by atoms with Crippen molar-refractivity contribution >= 4 is 5.91 Å². The third-order valence-corrected chi connectivity index (χ3v) is 3.64. The Labute approximate surface area is 150 Å². The molecule has 140 valence electrons. The Morgan fingerprint density at radius 3 is 2.35 bits per heavy atom. The molecule has 2 aromatic carbocycles. The first-order valence-corrected chi connectivity index (χ1v) is 8.08. The van der Waals surface area contributed by atoms with Crippen LogP contribution < -0.4 is 9.47 Å². The van der Waals surface area contributed by atoms with Gasteiger partial charge in [0.1, 0.15) is 5.82 Å². The summed E-state index contributed by atoms with van der Waals surface area (Å²) in [6.45, 7) is -0.644. The van der Waals surface area contributed by atoms with Gasteiger partial charge in [-0.3, -0.25) is 4.79 Å². The quantitative estimate of drug-likeness (QED) is 0.707. The van der Waals surface area contributed by atoms with Crippen LogP contribution in [0.5, 0.6) is 11.5 Å². The van der Waals surface area contributed by atoms with Crippen molar-refractivity contribution in [2.45, 2.75) is 26.5 Å². The summed E-state index contributed by atoms with van der Waals surface area (Å²) in [7, 11) is 1.63. The van der Waals surface area contributed by atoms with E-state index in [9.17, 15) is 18.0 Å². The number of amides is 1. The Bertz CT molecular complexity index is 735. The van der Waals surface area contributed by atoms with Crippen molar-refractivity contribution in [3.63, 3.8) is 0 Å². The molecular formula is C19H20F3NO3. The molecule has 0 saturated carbocycles. The molecule has 7 heteroatoms. The highest BCUT2D eigenvalue weighted by atomic mass is 19.3. The molecule has 0 aliphatic rings. The fourth-order valence-corrected chi connectivity index (χ4v) is 2.39. The largest absolute Gasteiger partial charge is 0.490 e. The molecule has 4 nitrogen and oxygen atoms in total. The Morgan fingerprint density at radius 1 is 1.08 bits per heavy atom. The Morgan fingerprint density at radius 2 is 1.73 bits per heavy atom. The number of hydrogen-bond acceptors (Lipinski definition) is 3. The number of ether oxygens (including phenoxy) is 2. The molecule has 0 N–H and O–H groups in total. The van der Waals surface area contributed by atoms with Crippen molar-refractivity contribution < 1.29 is 27.4 Å². The lowest BCUT2D eigenvalue weighted by Gasteiger charge is -2.19.